The van der Waals surface area contributed by atoms with Gasteiger partial charge in [0.15, 0.2) is 6.61 Å². The topological polar surface area (TPSA) is 94.3 Å². The number of aromatic nitrogens is 2. The normalized spacial score (nSPS) is 31.5. The number of aryl methyl sites for hydroxylation is 1. The highest BCUT2D eigenvalue weighted by Gasteiger charge is 2.61. The number of hydrogen-bond donors (Lipinski definition) is 1. The van der Waals surface area contributed by atoms with Crippen molar-refractivity contribution in [1.29, 1.82) is 0 Å². The summed E-state index contributed by atoms with van der Waals surface area (Å²) in [6, 6.07) is 7.81. The van der Waals surface area contributed by atoms with Gasteiger partial charge in [-0.3, -0.25) is 9.59 Å². The summed E-state index contributed by atoms with van der Waals surface area (Å²) in [5.41, 5.74) is 1.19. The van der Waals surface area contributed by atoms with Crippen LogP contribution in [0.5, 0.6) is 0 Å². The second-order valence-electron chi connectivity index (χ2n) is 9.61. The van der Waals surface area contributed by atoms with Crippen LogP contribution >= 0.6 is 0 Å². The van der Waals surface area contributed by atoms with Crippen molar-refractivity contribution in [2.75, 3.05) is 0 Å². The lowest BCUT2D eigenvalue weighted by atomic mass is 9.47. The molecule has 30 heavy (non-hydrogen) atoms. The minimum Gasteiger partial charge on any atom is -0.455 e. The molecule has 0 spiro atoms. The van der Waals surface area contributed by atoms with E-state index in [2.05, 4.69) is 15.5 Å². The highest BCUT2D eigenvalue weighted by atomic mass is 16.6. The van der Waals surface area contributed by atoms with E-state index in [1.807, 2.05) is 31.2 Å². The first-order valence-corrected chi connectivity index (χ1v) is 10.7. The number of esters is 1. The predicted molar refractivity (Wildman–Crippen MR) is 108 cm³/mol. The zero-order valence-corrected chi connectivity index (χ0v) is 17.4. The smallest absolute Gasteiger partial charge is 0.312 e. The van der Waals surface area contributed by atoms with E-state index in [1.54, 1.807) is 6.92 Å². The Kier molecular flexibility index (Phi) is 4.45. The molecule has 0 radical (unpaired) electrons. The van der Waals surface area contributed by atoms with E-state index in [0.717, 1.165) is 43.2 Å². The third-order valence-electron chi connectivity index (χ3n) is 7.12. The highest BCUT2D eigenvalue weighted by molar-refractivity contribution is 5.79. The molecule has 4 saturated carbocycles. The first-order chi connectivity index (χ1) is 14.4. The van der Waals surface area contributed by atoms with Crippen LogP contribution in [-0.2, 0) is 20.9 Å². The van der Waals surface area contributed by atoms with Gasteiger partial charge >= 0.3 is 5.97 Å². The molecule has 2 aromatic rings. The average molecular weight is 409 g/mol. The van der Waals surface area contributed by atoms with Gasteiger partial charge < -0.3 is 14.6 Å². The standard InChI is InChI=1S/C23H27N3O4/c1-14-5-3-4-6-18(14)20-24-19(30-26-20)12-29-21(28)22-8-16-7-17(9-22)11-23(10-16,13-22)25-15(2)27/h3-6,16-17H,7-13H2,1-2H3,(H,25,27). The number of rotatable bonds is 5. The number of amides is 1. The fraction of sp³-hybridized carbons (Fsp3) is 0.565. The number of hydrogen-bond acceptors (Lipinski definition) is 6. The Morgan fingerprint density at radius 1 is 1.20 bits per heavy atom. The SMILES string of the molecule is CC(=O)NC12CC3CC(C1)CC(C(=O)OCc1nc(-c4ccccc4C)no1)(C3)C2. The van der Waals surface area contributed by atoms with Gasteiger partial charge in [0.25, 0.3) is 5.89 Å². The summed E-state index contributed by atoms with van der Waals surface area (Å²) in [6.07, 6.45) is 5.47. The molecule has 1 aromatic heterocycles. The molecular weight excluding hydrogens is 382 g/mol. The molecular formula is C23H27N3O4. The van der Waals surface area contributed by atoms with Crippen molar-refractivity contribution in [2.24, 2.45) is 17.3 Å². The van der Waals surface area contributed by atoms with Crippen LogP contribution < -0.4 is 5.32 Å². The Morgan fingerprint density at radius 3 is 2.63 bits per heavy atom. The van der Waals surface area contributed by atoms with E-state index in [1.165, 1.54) is 0 Å². The molecule has 1 N–H and O–H groups in total. The van der Waals surface area contributed by atoms with Crippen LogP contribution in [0.25, 0.3) is 11.4 Å². The number of carbonyl (C=O) groups is 2. The van der Waals surface area contributed by atoms with Gasteiger partial charge in [-0.05, 0) is 62.8 Å². The zero-order valence-electron chi connectivity index (χ0n) is 17.4. The first-order valence-electron chi connectivity index (χ1n) is 10.7. The number of nitrogens with zero attached hydrogens (tertiary/aromatic N) is 2. The summed E-state index contributed by atoms with van der Waals surface area (Å²) in [6.45, 7) is 3.52. The van der Waals surface area contributed by atoms with Gasteiger partial charge in [0, 0.05) is 18.0 Å². The largest absolute Gasteiger partial charge is 0.455 e. The second-order valence-corrected chi connectivity index (χ2v) is 9.61. The van der Waals surface area contributed by atoms with Gasteiger partial charge in [-0.15, -0.1) is 0 Å². The summed E-state index contributed by atoms with van der Waals surface area (Å²) in [5.74, 6) is 1.53. The van der Waals surface area contributed by atoms with Crippen LogP contribution in [-0.4, -0.2) is 27.6 Å². The third kappa shape index (κ3) is 3.30. The maximum atomic E-state index is 13.2. The minimum absolute atomic E-state index is 0.0185. The van der Waals surface area contributed by atoms with Crippen molar-refractivity contribution in [3.05, 3.63) is 35.7 Å². The van der Waals surface area contributed by atoms with Gasteiger partial charge in [-0.25, -0.2) is 0 Å². The van der Waals surface area contributed by atoms with E-state index in [0.29, 0.717) is 30.0 Å². The summed E-state index contributed by atoms with van der Waals surface area (Å²) in [7, 11) is 0. The van der Waals surface area contributed by atoms with E-state index in [9.17, 15) is 9.59 Å². The van der Waals surface area contributed by atoms with Crippen molar-refractivity contribution in [2.45, 2.75) is 64.5 Å². The number of benzene rings is 1. The molecule has 0 saturated heterocycles. The molecule has 158 valence electrons. The number of nitrogens with one attached hydrogen (secondary N) is 1. The molecule has 2 atom stereocenters. The first kappa shape index (κ1) is 19.3. The van der Waals surface area contributed by atoms with Crippen molar-refractivity contribution in [1.82, 2.24) is 15.5 Å². The number of ether oxygens (including phenoxy) is 1. The summed E-state index contributed by atoms with van der Waals surface area (Å²) in [4.78, 5) is 29.4. The molecule has 0 aliphatic heterocycles. The molecule has 7 nitrogen and oxygen atoms in total. The molecule has 1 aromatic carbocycles. The van der Waals surface area contributed by atoms with Crippen LogP contribution in [0, 0.1) is 24.2 Å². The summed E-state index contributed by atoms with van der Waals surface area (Å²) < 4.78 is 11.0. The lowest BCUT2D eigenvalue weighted by Crippen LogP contribution is -2.64. The quantitative estimate of drug-likeness (QED) is 0.759. The lowest BCUT2D eigenvalue weighted by molar-refractivity contribution is -0.178. The van der Waals surface area contributed by atoms with Crippen LogP contribution in [0.1, 0.15) is 56.9 Å². The highest BCUT2D eigenvalue weighted by Crippen LogP contribution is 2.62. The molecule has 4 bridgehead atoms. The lowest BCUT2D eigenvalue weighted by Gasteiger charge is -2.60. The molecule has 7 heteroatoms. The Bertz CT molecular complexity index is 984. The molecule has 1 heterocycles. The third-order valence-corrected chi connectivity index (χ3v) is 7.12. The van der Waals surface area contributed by atoms with E-state index < -0.39 is 5.41 Å². The maximum absolute atomic E-state index is 13.2. The molecule has 2 unspecified atom stereocenters. The van der Waals surface area contributed by atoms with Gasteiger partial charge in [-0.1, -0.05) is 29.4 Å². The van der Waals surface area contributed by atoms with Crippen molar-refractivity contribution in [3.8, 4) is 11.4 Å². The van der Waals surface area contributed by atoms with Gasteiger partial charge in [0.1, 0.15) is 0 Å². The van der Waals surface area contributed by atoms with Crippen LogP contribution in [0.2, 0.25) is 0 Å². The Labute approximate surface area is 175 Å². The number of carbonyl (C=O) groups excluding carboxylic acids is 2. The van der Waals surface area contributed by atoms with E-state index >= 15 is 0 Å². The van der Waals surface area contributed by atoms with Crippen molar-refractivity contribution < 1.29 is 18.8 Å². The fourth-order valence-corrected chi connectivity index (χ4v) is 6.55. The molecule has 1 amide bonds. The van der Waals surface area contributed by atoms with Crippen molar-refractivity contribution >= 4 is 11.9 Å². The Hall–Kier alpha value is -2.70. The predicted octanol–water partition coefficient (Wildman–Crippen LogP) is 3.56. The van der Waals surface area contributed by atoms with Crippen LogP contribution in [0.3, 0.4) is 0 Å². The fourth-order valence-electron chi connectivity index (χ4n) is 6.55. The maximum Gasteiger partial charge on any atom is 0.312 e. The van der Waals surface area contributed by atoms with Crippen molar-refractivity contribution in [3.63, 3.8) is 0 Å². The molecule has 4 aliphatic carbocycles. The average Bonchev–Trinajstić information content (AvgIpc) is 3.13. The summed E-state index contributed by atoms with van der Waals surface area (Å²) >= 11 is 0. The van der Waals surface area contributed by atoms with E-state index in [4.69, 9.17) is 9.26 Å². The van der Waals surface area contributed by atoms with E-state index in [-0.39, 0.29) is 24.0 Å². The zero-order chi connectivity index (χ0) is 20.9. The monoisotopic (exact) mass is 409 g/mol. The second kappa shape index (κ2) is 6.93. The molecule has 4 fully saturated rings. The van der Waals surface area contributed by atoms with Crippen LogP contribution in [0.15, 0.2) is 28.8 Å². The van der Waals surface area contributed by atoms with Crippen LogP contribution in [0.4, 0.5) is 0 Å². The molecule has 6 rings (SSSR count). The van der Waals surface area contributed by atoms with Gasteiger partial charge in [0.2, 0.25) is 11.7 Å². The van der Waals surface area contributed by atoms with Gasteiger partial charge in [0.05, 0.1) is 5.41 Å². The van der Waals surface area contributed by atoms with Gasteiger partial charge in [-0.2, -0.15) is 4.98 Å². The summed E-state index contributed by atoms with van der Waals surface area (Å²) in [5, 5.41) is 7.22. The Morgan fingerprint density at radius 2 is 1.93 bits per heavy atom. The minimum atomic E-state index is -0.509. The Balaban J connectivity index is 1.29. The molecule has 4 aliphatic rings.